The van der Waals surface area contributed by atoms with Crippen molar-refractivity contribution in [3.05, 3.63) is 71.3 Å². The average Bonchev–Trinajstić information content (AvgIpc) is 3.25. The molecular weight excluding hydrogens is 428 g/mol. The molecule has 0 atom stereocenters. The highest BCUT2D eigenvalue weighted by atomic mass is 35.5. The van der Waals surface area contributed by atoms with Crippen molar-refractivity contribution in [2.24, 2.45) is 0 Å². The number of ether oxygens (including phenoxy) is 1. The molecule has 0 saturated carbocycles. The molecule has 3 heterocycles. The van der Waals surface area contributed by atoms with Crippen LogP contribution >= 0.6 is 22.9 Å². The summed E-state index contributed by atoms with van der Waals surface area (Å²) in [5.41, 5.74) is 2.31. The van der Waals surface area contributed by atoms with Crippen molar-refractivity contribution in [2.45, 2.75) is 0 Å². The summed E-state index contributed by atoms with van der Waals surface area (Å²) < 4.78 is 5.86. The first-order valence-corrected chi connectivity index (χ1v) is 11.7. The first-order valence-electron chi connectivity index (χ1n) is 10.4. The van der Waals surface area contributed by atoms with Gasteiger partial charge in [0.2, 0.25) is 0 Å². The first-order chi connectivity index (χ1) is 15.3. The van der Waals surface area contributed by atoms with Gasteiger partial charge in [-0.25, -0.2) is 9.97 Å². The van der Waals surface area contributed by atoms with Crippen LogP contribution in [0.3, 0.4) is 0 Å². The van der Waals surface area contributed by atoms with Gasteiger partial charge in [-0.15, -0.1) is 11.3 Å². The molecule has 0 N–H and O–H groups in total. The molecule has 0 amide bonds. The maximum absolute atomic E-state index is 6.09. The van der Waals surface area contributed by atoms with Crippen molar-refractivity contribution in [3.63, 3.8) is 0 Å². The number of fused-ring (bicyclic) bond motifs is 1. The summed E-state index contributed by atoms with van der Waals surface area (Å²) in [6.45, 7) is 5.48. The maximum atomic E-state index is 6.09. The predicted molar refractivity (Wildman–Crippen MR) is 128 cm³/mol. The number of aromatic nitrogens is 2. The van der Waals surface area contributed by atoms with Crippen LogP contribution in [0.5, 0.6) is 5.75 Å². The van der Waals surface area contributed by atoms with E-state index in [2.05, 4.69) is 37.3 Å². The summed E-state index contributed by atoms with van der Waals surface area (Å²) >= 11 is 7.75. The monoisotopic (exact) mass is 450 g/mol. The molecule has 4 aromatic rings. The number of halogens is 1. The molecule has 31 heavy (non-hydrogen) atoms. The van der Waals surface area contributed by atoms with Crippen LogP contribution in [0.4, 0.5) is 5.82 Å². The van der Waals surface area contributed by atoms with Crippen molar-refractivity contribution in [2.75, 3.05) is 44.2 Å². The zero-order chi connectivity index (χ0) is 21.0. The van der Waals surface area contributed by atoms with Gasteiger partial charge in [0.15, 0.2) is 0 Å². The van der Waals surface area contributed by atoms with Crippen molar-refractivity contribution < 1.29 is 4.74 Å². The van der Waals surface area contributed by atoms with E-state index in [0.29, 0.717) is 6.61 Å². The largest absolute Gasteiger partial charge is 0.492 e. The molecule has 2 aromatic carbocycles. The molecule has 1 aliphatic heterocycles. The average molecular weight is 451 g/mol. The Labute approximate surface area is 190 Å². The summed E-state index contributed by atoms with van der Waals surface area (Å²) in [4.78, 5) is 15.0. The summed E-state index contributed by atoms with van der Waals surface area (Å²) in [7, 11) is 0. The van der Waals surface area contributed by atoms with Crippen molar-refractivity contribution in [1.82, 2.24) is 14.9 Å². The number of thiophene rings is 1. The summed E-state index contributed by atoms with van der Waals surface area (Å²) in [6.07, 6.45) is 1.68. The Hall–Kier alpha value is -2.67. The smallest absolute Gasteiger partial charge is 0.141 e. The van der Waals surface area contributed by atoms with Gasteiger partial charge in [-0.1, -0.05) is 41.9 Å². The summed E-state index contributed by atoms with van der Waals surface area (Å²) in [5, 5.41) is 4.05. The van der Waals surface area contributed by atoms with Crippen LogP contribution < -0.4 is 9.64 Å². The quantitative estimate of drug-likeness (QED) is 0.403. The Balaban J connectivity index is 1.27. The normalized spacial score (nSPS) is 14.8. The molecule has 1 saturated heterocycles. The molecule has 7 heteroatoms. The fraction of sp³-hybridized carbons (Fsp3) is 0.250. The molecule has 5 rings (SSSR count). The van der Waals surface area contributed by atoms with E-state index in [0.717, 1.165) is 65.1 Å². The fourth-order valence-electron chi connectivity index (χ4n) is 3.93. The van der Waals surface area contributed by atoms with Crippen molar-refractivity contribution in [3.8, 4) is 16.9 Å². The molecule has 0 unspecified atom stereocenters. The van der Waals surface area contributed by atoms with Crippen LogP contribution in [0.2, 0.25) is 5.02 Å². The van der Waals surface area contributed by atoms with Gasteiger partial charge >= 0.3 is 0 Å². The summed E-state index contributed by atoms with van der Waals surface area (Å²) in [5.74, 6) is 1.95. The zero-order valence-electron chi connectivity index (χ0n) is 17.1. The fourth-order valence-corrected chi connectivity index (χ4v) is 4.97. The molecule has 2 aromatic heterocycles. The van der Waals surface area contributed by atoms with Crippen LogP contribution in [0, 0.1) is 0 Å². The second kappa shape index (κ2) is 9.22. The van der Waals surface area contributed by atoms with Crippen molar-refractivity contribution >= 4 is 39.0 Å². The number of hydrogen-bond donors (Lipinski definition) is 0. The third kappa shape index (κ3) is 4.51. The van der Waals surface area contributed by atoms with E-state index in [-0.39, 0.29) is 0 Å². The minimum atomic E-state index is 0.701. The molecule has 1 aliphatic rings. The van der Waals surface area contributed by atoms with Crippen LogP contribution in [-0.2, 0) is 0 Å². The highest BCUT2D eigenvalue weighted by Crippen LogP contribution is 2.38. The molecular formula is C24H23ClN4OS. The summed E-state index contributed by atoms with van der Waals surface area (Å²) in [6, 6.07) is 18.0. The lowest BCUT2D eigenvalue weighted by atomic mass is 10.1. The molecule has 1 fully saturated rings. The second-order valence-corrected chi connectivity index (χ2v) is 8.82. The van der Waals surface area contributed by atoms with Gasteiger partial charge in [-0.3, -0.25) is 4.90 Å². The number of benzene rings is 2. The van der Waals surface area contributed by atoms with Gasteiger partial charge in [0.1, 0.15) is 29.3 Å². The number of anilines is 1. The van der Waals surface area contributed by atoms with E-state index in [1.165, 1.54) is 5.56 Å². The Morgan fingerprint density at radius 2 is 1.71 bits per heavy atom. The number of hydrogen-bond acceptors (Lipinski definition) is 6. The number of rotatable bonds is 6. The van der Waals surface area contributed by atoms with Crippen LogP contribution in [0.15, 0.2) is 66.3 Å². The highest BCUT2D eigenvalue weighted by molar-refractivity contribution is 7.17. The van der Waals surface area contributed by atoms with Gasteiger partial charge in [0.05, 0.1) is 5.39 Å². The molecule has 0 aliphatic carbocycles. The first kappa shape index (κ1) is 20.2. The van der Waals surface area contributed by atoms with E-state index < -0.39 is 0 Å². The molecule has 158 valence electrons. The molecule has 5 nitrogen and oxygen atoms in total. The van der Waals surface area contributed by atoms with E-state index in [1.807, 2.05) is 42.5 Å². The van der Waals surface area contributed by atoms with Crippen LogP contribution in [-0.4, -0.2) is 54.2 Å². The standard InChI is InChI=1S/C24H23ClN4OS/c25-19-8-6-18(7-9-19)21-16-31-24-22(21)23(26-17-27-24)29-12-10-28(11-13-29)14-15-30-20-4-2-1-3-5-20/h1-9,16-17H,10-15H2. The number of piperazine rings is 1. The lowest BCUT2D eigenvalue weighted by Crippen LogP contribution is -2.47. The topological polar surface area (TPSA) is 41.5 Å². The van der Waals surface area contributed by atoms with E-state index in [1.54, 1.807) is 17.7 Å². The van der Waals surface area contributed by atoms with Gasteiger partial charge in [0, 0.05) is 48.7 Å². The van der Waals surface area contributed by atoms with Gasteiger partial charge in [-0.2, -0.15) is 0 Å². The second-order valence-electron chi connectivity index (χ2n) is 7.52. The minimum absolute atomic E-state index is 0.701. The third-order valence-electron chi connectivity index (χ3n) is 5.60. The van der Waals surface area contributed by atoms with Gasteiger partial charge < -0.3 is 9.64 Å². The van der Waals surface area contributed by atoms with E-state index >= 15 is 0 Å². The Morgan fingerprint density at radius 1 is 0.935 bits per heavy atom. The van der Waals surface area contributed by atoms with E-state index in [9.17, 15) is 0 Å². The van der Waals surface area contributed by atoms with Gasteiger partial charge in [-0.05, 0) is 29.8 Å². The Kier molecular flexibility index (Phi) is 6.02. The van der Waals surface area contributed by atoms with Gasteiger partial charge in [0.25, 0.3) is 0 Å². The lowest BCUT2D eigenvalue weighted by Gasteiger charge is -2.35. The Bertz CT molecular complexity index is 1140. The number of para-hydroxylation sites is 1. The van der Waals surface area contributed by atoms with Crippen LogP contribution in [0.1, 0.15) is 0 Å². The molecule has 0 radical (unpaired) electrons. The number of nitrogens with zero attached hydrogens (tertiary/aromatic N) is 4. The third-order valence-corrected chi connectivity index (χ3v) is 6.74. The maximum Gasteiger partial charge on any atom is 0.141 e. The SMILES string of the molecule is Clc1ccc(-c2csc3ncnc(N4CCN(CCOc5ccccc5)CC4)c23)cc1. The lowest BCUT2D eigenvalue weighted by molar-refractivity contribution is 0.200. The van der Waals surface area contributed by atoms with E-state index in [4.69, 9.17) is 16.3 Å². The highest BCUT2D eigenvalue weighted by Gasteiger charge is 2.22. The predicted octanol–water partition coefficient (Wildman–Crippen LogP) is 5.21. The Morgan fingerprint density at radius 3 is 2.48 bits per heavy atom. The van der Waals surface area contributed by atoms with Crippen molar-refractivity contribution in [1.29, 1.82) is 0 Å². The minimum Gasteiger partial charge on any atom is -0.492 e. The zero-order valence-corrected chi connectivity index (χ0v) is 18.6. The molecule has 0 spiro atoms. The van der Waals surface area contributed by atoms with Crippen LogP contribution in [0.25, 0.3) is 21.3 Å². The molecule has 0 bridgehead atoms.